The maximum absolute atomic E-state index is 12.3. The molecule has 0 spiro atoms. The molecule has 2 atom stereocenters. The van der Waals surface area contributed by atoms with Crippen molar-refractivity contribution in [3.05, 3.63) is 53.9 Å². The lowest BCUT2D eigenvalue weighted by Gasteiger charge is -2.24. The van der Waals surface area contributed by atoms with Crippen molar-refractivity contribution in [2.45, 2.75) is 51.5 Å². The summed E-state index contributed by atoms with van der Waals surface area (Å²) in [6.07, 6.45) is 6.62. The van der Waals surface area contributed by atoms with E-state index < -0.39 is 6.10 Å². The van der Waals surface area contributed by atoms with E-state index >= 15 is 0 Å². The van der Waals surface area contributed by atoms with Crippen LogP contribution in [0.15, 0.2) is 42.7 Å². The number of hydrogen-bond acceptors (Lipinski definition) is 4. The van der Waals surface area contributed by atoms with E-state index in [0.717, 1.165) is 30.6 Å². The highest BCUT2D eigenvalue weighted by Crippen LogP contribution is 2.14. The average Bonchev–Trinajstić information content (AvgIpc) is 3.19. The van der Waals surface area contributed by atoms with Crippen LogP contribution in [0.1, 0.15) is 37.3 Å². The topological polar surface area (TPSA) is 65.4 Å². The summed E-state index contributed by atoms with van der Waals surface area (Å²) in [5, 5.41) is 7.21. The molecule has 0 bridgehead atoms. The van der Waals surface area contributed by atoms with Gasteiger partial charge >= 0.3 is 0 Å². The van der Waals surface area contributed by atoms with Crippen molar-refractivity contribution in [2.24, 2.45) is 0 Å². The minimum atomic E-state index is -0.487. The van der Waals surface area contributed by atoms with E-state index in [9.17, 15) is 4.79 Å². The van der Waals surface area contributed by atoms with Gasteiger partial charge in [0.15, 0.2) is 0 Å². The second kappa shape index (κ2) is 9.50. The highest BCUT2D eigenvalue weighted by molar-refractivity contribution is 5.80. The smallest absolute Gasteiger partial charge is 0.249 e. The molecule has 2 heterocycles. The van der Waals surface area contributed by atoms with Crippen LogP contribution in [-0.4, -0.2) is 41.1 Å². The SMILES string of the molecule is CC(OCC1CCCCO1)C(=O)NCc1ccccc1Cn1cccn1. The molecule has 2 unspecified atom stereocenters. The van der Waals surface area contributed by atoms with E-state index in [4.69, 9.17) is 9.47 Å². The zero-order chi connectivity index (χ0) is 18.2. The van der Waals surface area contributed by atoms with Gasteiger partial charge in [-0.1, -0.05) is 24.3 Å². The van der Waals surface area contributed by atoms with Crippen LogP contribution < -0.4 is 5.32 Å². The van der Waals surface area contributed by atoms with Gasteiger partial charge in [0.25, 0.3) is 0 Å². The first-order valence-electron chi connectivity index (χ1n) is 9.27. The van der Waals surface area contributed by atoms with Crippen LogP contribution in [0.5, 0.6) is 0 Å². The number of benzene rings is 1. The van der Waals surface area contributed by atoms with Crippen molar-refractivity contribution >= 4 is 5.91 Å². The van der Waals surface area contributed by atoms with E-state index in [2.05, 4.69) is 16.5 Å². The number of aromatic nitrogens is 2. The first kappa shape index (κ1) is 18.6. The fourth-order valence-corrected chi connectivity index (χ4v) is 3.04. The van der Waals surface area contributed by atoms with Gasteiger partial charge < -0.3 is 14.8 Å². The third kappa shape index (κ3) is 5.41. The van der Waals surface area contributed by atoms with Crippen LogP contribution in [0, 0.1) is 0 Å². The van der Waals surface area contributed by atoms with E-state index in [0.29, 0.717) is 19.7 Å². The van der Waals surface area contributed by atoms with Crippen molar-refractivity contribution in [3.8, 4) is 0 Å². The molecule has 1 aromatic carbocycles. The van der Waals surface area contributed by atoms with Crippen molar-refractivity contribution in [1.82, 2.24) is 15.1 Å². The number of nitrogens with zero attached hydrogens (tertiary/aromatic N) is 2. The Morgan fingerprint density at radius 3 is 2.92 bits per heavy atom. The standard InChI is InChI=1S/C20H27N3O3/c1-16(26-15-19-9-4-5-12-25-19)20(24)21-13-17-7-2-3-8-18(17)14-23-11-6-10-22-23/h2-3,6-8,10-11,16,19H,4-5,9,12-15H2,1H3,(H,21,24). The Kier molecular flexibility index (Phi) is 6.80. The molecule has 1 amide bonds. The summed E-state index contributed by atoms with van der Waals surface area (Å²) in [7, 11) is 0. The summed E-state index contributed by atoms with van der Waals surface area (Å²) in [5.41, 5.74) is 2.22. The molecular weight excluding hydrogens is 330 g/mol. The molecule has 2 aromatic rings. The first-order chi connectivity index (χ1) is 12.7. The maximum atomic E-state index is 12.3. The summed E-state index contributed by atoms with van der Waals surface area (Å²) >= 11 is 0. The zero-order valence-corrected chi connectivity index (χ0v) is 15.3. The van der Waals surface area contributed by atoms with Gasteiger partial charge in [-0.25, -0.2) is 0 Å². The monoisotopic (exact) mass is 357 g/mol. The predicted octanol–water partition coefficient (Wildman–Crippen LogP) is 2.52. The minimum absolute atomic E-state index is 0.102. The van der Waals surface area contributed by atoms with Crippen LogP contribution in [-0.2, 0) is 27.4 Å². The maximum Gasteiger partial charge on any atom is 0.249 e. The van der Waals surface area contributed by atoms with Gasteiger partial charge in [-0.3, -0.25) is 9.48 Å². The molecule has 26 heavy (non-hydrogen) atoms. The fraction of sp³-hybridized carbons (Fsp3) is 0.500. The number of ether oxygens (including phenoxy) is 2. The summed E-state index contributed by atoms with van der Waals surface area (Å²) in [4.78, 5) is 12.3. The molecule has 0 saturated carbocycles. The van der Waals surface area contributed by atoms with Gasteiger partial charge in [0.2, 0.25) is 5.91 Å². The molecule has 1 fully saturated rings. The minimum Gasteiger partial charge on any atom is -0.376 e. The van der Waals surface area contributed by atoms with Gasteiger partial charge in [0.1, 0.15) is 6.10 Å². The largest absolute Gasteiger partial charge is 0.376 e. The van der Waals surface area contributed by atoms with Crippen molar-refractivity contribution < 1.29 is 14.3 Å². The third-order valence-electron chi connectivity index (χ3n) is 4.64. The van der Waals surface area contributed by atoms with Crippen LogP contribution >= 0.6 is 0 Å². The Hall–Kier alpha value is -2.18. The Balaban J connectivity index is 1.47. The van der Waals surface area contributed by atoms with E-state index in [1.54, 1.807) is 13.1 Å². The number of rotatable bonds is 8. The molecule has 3 rings (SSSR count). The number of nitrogens with one attached hydrogen (secondary N) is 1. The first-order valence-corrected chi connectivity index (χ1v) is 9.27. The lowest BCUT2D eigenvalue weighted by Crippen LogP contribution is -2.36. The summed E-state index contributed by atoms with van der Waals surface area (Å²) < 4.78 is 13.2. The summed E-state index contributed by atoms with van der Waals surface area (Å²) in [6, 6.07) is 9.97. The highest BCUT2D eigenvalue weighted by Gasteiger charge is 2.19. The Morgan fingerprint density at radius 2 is 2.19 bits per heavy atom. The zero-order valence-electron chi connectivity index (χ0n) is 15.3. The molecular formula is C20H27N3O3. The lowest BCUT2D eigenvalue weighted by atomic mass is 10.1. The summed E-state index contributed by atoms with van der Waals surface area (Å²) in [5.74, 6) is -0.102. The molecule has 6 heteroatoms. The van der Waals surface area contributed by atoms with Crippen LogP contribution in [0.3, 0.4) is 0 Å². The molecule has 1 saturated heterocycles. The van der Waals surface area contributed by atoms with E-state index in [1.807, 2.05) is 35.1 Å². The number of carbonyl (C=O) groups is 1. The van der Waals surface area contributed by atoms with Gasteiger partial charge in [-0.2, -0.15) is 5.10 Å². The predicted molar refractivity (Wildman–Crippen MR) is 98.6 cm³/mol. The van der Waals surface area contributed by atoms with E-state index in [1.165, 1.54) is 6.42 Å². The van der Waals surface area contributed by atoms with Gasteiger partial charge in [-0.05, 0) is 43.4 Å². The molecule has 140 valence electrons. The van der Waals surface area contributed by atoms with Crippen molar-refractivity contribution in [3.63, 3.8) is 0 Å². The Bertz CT molecular complexity index is 681. The quantitative estimate of drug-likeness (QED) is 0.788. The average molecular weight is 357 g/mol. The molecule has 1 aromatic heterocycles. The van der Waals surface area contributed by atoms with Crippen LogP contribution in [0.2, 0.25) is 0 Å². The number of hydrogen-bond donors (Lipinski definition) is 1. The second-order valence-corrected chi connectivity index (χ2v) is 6.65. The van der Waals surface area contributed by atoms with Crippen molar-refractivity contribution in [1.29, 1.82) is 0 Å². The van der Waals surface area contributed by atoms with Crippen LogP contribution in [0.25, 0.3) is 0 Å². The molecule has 6 nitrogen and oxygen atoms in total. The molecule has 1 aliphatic heterocycles. The van der Waals surface area contributed by atoms with Crippen LogP contribution in [0.4, 0.5) is 0 Å². The Morgan fingerprint density at radius 1 is 1.35 bits per heavy atom. The molecule has 0 aliphatic carbocycles. The van der Waals surface area contributed by atoms with Crippen molar-refractivity contribution in [2.75, 3.05) is 13.2 Å². The van der Waals surface area contributed by atoms with Gasteiger partial charge in [-0.15, -0.1) is 0 Å². The van der Waals surface area contributed by atoms with Gasteiger partial charge in [0, 0.05) is 25.5 Å². The molecule has 1 aliphatic rings. The normalized spacial score (nSPS) is 18.4. The molecule has 1 N–H and O–H groups in total. The van der Waals surface area contributed by atoms with Gasteiger partial charge in [0.05, 0.1) is 19.3 Å². The third-order valence-corrected chi connectivity index (χ3v) is 4.64. The number of amides is 1. The fourth-order valence-electron chi connectivity index (χ4n) is 3.04. The highest BCUT2D eigenvalue weighted by atomic mass is 16.5. The van der Waals surface area contributed by atoms with E-state index in [-0.39, 0.29) is 12.0 Å². The summed E-state index contributed by atoms with van der Waals surface area (Å²) in [6.45, 7) is 4.22. The Labute approximate surface area is 154 Å². The number of carbonyl (C=O) groups excluding carboxylic acids is 1. The lowest BCUT2D eigenvalue weighted by molar-refractivity contribution is -0.135. The second-order valence-electron chi connectivity index (χ2n) is 6.65. The molecule has 0 radical (unpaired) electrons.